The fourth-order valence-electron chi connectivity index (χ4n) is 3.03. The van der Waals surface area contributed by atoms with Gasteiger partial charge >= 0.3 is 5.63 Å². The molecule has 1 aromatic rings. The van der Waals surface area contributed by atoms with Crippen LogP contribution in [0.2, 0.25) is 0 Å². The third kappa shape index (κ3) is 2.00. The monoisotopic (exact) mass is 292 g/mol. The third-order valence-electron chi connectivity index (χ3n) is 4.10. The molecular formula is C15H16O4S. The third-order valence-corrected chi connectivity index (χ3v) is 5.61. The first kappa shape index (κ1) is 13.5. The second-order valence-electron chi connectivity index (χ2n) is 5.41. The van der Waals surface area contributed by atoms with Gasteiger partial charge in [0, 0.05) is 4.90 Å². The van der Waals surface area contributed by atoms with Crippen LogP contribution in [-0.2, 0) is 9.53 Å². The van der Waals surface area contributed by atoms with Crippen LogP contribution in [0.3, 0.4) is 0 Å². The van der Waals surface area contributed by atoms with E-state index in [1.54, 1.807) is 18.7 Å². The van der Waals surface area contributed by atoms with Crippen LogP contribution >= 0.6 is 11.8 Å². The van der Waals surface area contributed by atoms with Gasteiger partial charge in [0.15, 0.2) is 0 Å². The van der Waals surface area contributed by atoms with Crippen molar-refractivity contribution in [3.05, 3.63) is 33.4 Å². The Kier molecular flexibility index (Phi) is 3.24. The summed E-state index contributed by atoms with van der Waals surface area (Å²) in [6.45, 7) is 4.38. The Labute approximate surface area is 121 Å². The Hall–Kier alpha value is -1.49. The van der Waals surface area contributed by atoms with E-state index in [1.165, 1.54) is 0 Å². The molecular weight excluding hydrogens is 276 g/mol. The Bertz CT molecular complexity index is 646. The van der Waals surface area contributed by atoms with Crippen molar-refractivity contribution in [2.45, 2.75) is 48.9 Å². The van der Waals surface area contributed by atoms with Crippen LogP contribution < -0.4 is 5.63 Å². The highest BCUT2D eigenvalue weighted by molar-refractivity contribution is 8.01. The molecule has 1 aliphatic heterocycles. The van der Waals surface area contributed by atoms with Gasteiger partial charge < -0.3 is 9.15 Å². The lowest BCUT2D eigenvalue weighted by molar-refractivity contribution is -0.135. The van der Waals surface area contributed by atoms with E-state index in [2.05, 4.69) is 6.92 Å². The molecule has 0 N–H and O–H groups in total. The predicted molar refractivity (Wildman–Crippen MR) is 76.7 cm³/mol. The molecule has 3 rings (SSSR count). The van der Waals surface area contributed by atoms with E-state index in [0.29, 0.717) is 17.8 Å². The van der Waals surface area contributed by atoms with Crippen LogP contribution in [0, 0.1) is 6.92 Å². The molecule has 1 aliphatic carbocycles. The maximum absolute atomic E-state index is 12.0. The summed E-state index contributed by atoms with van der Waals surface area (Å²) in [6, 6.07) is 1.88. The fraction of sp³-hybridized carbons (Fsp3) is 0.467. The number of aryl methyl sites for hydroxylation is 1. The minimum atomic E-state index is -0.291. The second kappa shape index (κ2) is 4.81. The number of carbonyl (C=O) groups excluding carboxylic acids is 1. The molecule has 4 nitrogen and oxygen atoms in total. The van der Waals surface area contributed by atoms with E-state index in [0.717, 1.165) is 29.7 Å². The van der Waals surface area contributed by atoms with Crippen LogP contribution in [-0.4, -0.2) is 17.3 Å². The second-order valence-corrected chi connectivity index (χ2v) is 6.91. The molecule has 0 bridgehead atoms. The van der Waals surface area contributed by atoms with Crippen molar-refractivity contribution in [2.24, 2.45) is 0 Å². The molecule has 0 radical (unpaired) electrons. The van der Waals surface area contributed by atoms with Gasteiger partial charge in [-0.2, -0.15) is 0 Å². The maximum Gasteiger partial charge on any atom is 0.344 e. The van der Waals surface area contributed by atoms with Crippen molar-refractivity contribution in [3.63, 3.8) is 0 Å². The normalized spacial score (nSPS) is 28.1. The van der Waals surface area contributed by atoms with Gasteiger partial charge in [0.25, 0.3) is 6.47 Å². The van der Waals surface area contributed by atoms with E-state index in [9.17, 15) is 9.59 Å². The molecule has 2 heterocycles. The summed E-state index contributed by atoms with van der Waals surface area (Å²) < 4.78 is 10.2. The van der Waals surface area contributed by atoms with E-state index in [4.69, 9.17) is 9.15 Å². The molecule has 0 amide bonds. The van der Waals surface area contributed by atoms with Crippen LogP contribution in [0.25, 0.3) is 6.08 Å². The molecule has 0 aromatic carbocycles. The Morgan fingerprint density at radius 3 is 3.10 bits per heavy atom. The average Bonchev–Trinajstić information content (AvgIpc) is 2.38. The largest absolute Gasteiger partial charge is 0.463 e. The highest BCUT2D eigenvalue weighted by Crippen LogP contribution is 2.52. The summed E-state index contributed by atoms with van der Waals surface area (Å²) in [5, 5.41) is 0. The first-order valence-electron chi connectivity index (χ1n) is 6.68. The van der Waals surface area contributed by atoms with Crippen LogP contribution in [0.15, 0.2) is 25.7 Å². The van der Waals surface area contributed by atoms with Gasteiger partial charge in [-0.25, -0.2) is 4.79 Å². The number of thioether (sulfide) groups is 1. The first-order valence-corrected chi connectivity index (χ1v) is 7.50. The maximum atomic E-state index is 12.0. The zero-order valence-electron chi connectivity index (χ0n) is 11.5. The summed E-state index contributed by atoms with van der Waals surface area (Å²) in [7, 11) is 0. The minimum absolute atomic E-state index is 0.147. The fourth-order valence-corrected chi connectivity index (χ4v) is 4.56. The molecule has 2 aliphatic rings. The van der Waals surface area contributed by atoms with Gasteiger partial charge in [0.1, 0.15) is 11.9 Å². The number of hydrogen-bond acceptors (Lipinski definition) is 5. The van der Waals surface area contributed by atoms with Crippen LogP contribution in [0.5, 0.6) is 0 Å². The quantitative estimate of drug-likeness (QED) is 0.784. The van der Waals surface area contributed by atoms with Crippen molar-refractivity contribution in [1.29, 1.82) is 0 Å². The van der Waals surface area contributed by atoms with Gasteiger partial charge in [-0.05, 0) is 50.8 Å². The summed E-state index contributed by atoms with van der Waals surface area (Å²) in [5.74, 6) is 0.602. The number of ether oxygens (including phenoxy) is 1. The molecule has 0 spiro atoms. The molecule has 1 aromatic heterocycles. The van der Waals surface area contributed by atoms with Crippen molar-refractivity contribution in [1.82, 2.24) is 0 Å². The van der Waals surface area contributed by atoms with Gasteiger partial charge in [0.05, 0.1) is 10.3 Å². The highest BCUT2D eigenvalue weighted by Gasteiger charge is 2.45. The summed E-state index contributed by atoms with van der Waals surface area (Å²) >= 11 is 1.61. The number of fused-ring (bicyclic) bond motifs is 2. The summed E-state index contributed by atoms with van der Waals surface area (Å²) in [4.78, 5) is 23.6. The topological polar surface area (TPSA) is 56.5 Å². The van der Waals surface area contributed by atoms with E-state index >= 15 is 0 Å². The standard InChI is InChI=1S/C15H16O4S/c1-9-6-12-11(14(17)19-9)7-10-4-3-5-13(18-8-16)15(10,2)20-12/h6-8,13H,3-5H2,1-2H3/t13-,15-/m0/s1. The van der Waals surface area contributed by atoms with E-state index in [-0.39, 0.29) is 16.5 Å². The molecule has 5 heteroatoms. The number of hydrogen-bond donors (Lipinski definition) is 0. The van der Waals surface area contributed by atoms with Crippen molar-refractivity contribution in [3.8, 4) is 0 Å². The van der Waals surface area contributed by atoms with E-state index < -0.39 is 0 Å². The molecule has 2 atom stereocenters. The van der Waals surface area contributed by atoms with Crippen molar-refractivity contribution in [2.75, 3.05) is 0 Å². The smallest absolute Gasteiger partial charge is 0.344 e. The molecule has 0 saturated heterocycles. The van der Waals surface area contributed by atoms with Gasteiger partial charge in [-0.3, -0.25) is 4.79 Å². The van der Waals surface area contributed by atoms with Gasteiger partial charge in [-0.1, -0.05) is 0 Å². The zero-order valence-corrected chi connectivity index (χ0v) is 12.3. The lowest BCUT2D eigenvalue weighted by atomic mass is 9.81. The van der Waals surface area contributed by atoms with Crippen LogP contribution in [0.1, 0.15) is 37.5 Å². The SMILES string of the molecule is Cc1cc2c(c(=O)o1)C=C1CCC[C@H](OC=O)[C@@]1(C)S2. The molecule has 20 heavy (non-hydrogen) atoms. The summed E-state index contributed by atoms with van der Waals surface area (Å²) in [5.41, 5.74) is 1.49. The average molecular weight is 292 g/mol. The number of carbonyl (C=O) groups is 1. The van der Waals surface area contributed by atoms with Crippen molar-refractivity contribution < 1.29 is 13.9 Å². The Balaban J connectivity index is 2.11. The molecule has 106 valence electrons. The minimum Gasteiger partial charge on any atom is -0.463 e. The summed E-state index contributed by atoms with van der Waals surface area (Å²) in [6.07, 6.45) is 4.53. The van der Waals surface area contributed by atoms with E-state index in [1.807, 2.05) is 12.1 Å². The van der Waals surface area contributed by atoms with Crippen LogP contribution in [0.4, 0.5) is 0 Å². The highest BCUT2D eigenvalue weighted by atomic mass is 32.2. The molecule has 1 saturated carbocycles. The van der Waals surface area contributed by atoms with Crippen molar-refractivity contribution >= 4 is 24.3 Å². The Morgan fingerprint density at radius 2 is 2.35 bits per heavy atom. The lowest BCUT2D eigenvalue weighted by Gasteiger charge is -2.43. The van der Waals surface area contributed by atoms with Gasteiger partial charge in [0.2, 0.25) is 0 Å². The first-order chi connectivity index (χ1) is 9.54. The zero-order chi connectivity index (χ0) is 14.3. The lowest BCUT2D eigenvalue weighted by Crippen LogP contribution is -2.44. The molecule has 1 fully saturated rings. The molecule has 0 unspecified atom stereocenters. The predicted octanol–water partition coefficient (Wildman–Crippen LogP) is 2.92. The number of rotatable bonds is 2. The van der Waals surface area contributed by atoms with Gasteiger partial charge in [-0.15, -0.1) is 11.8 Å². The Morgan fingerprint density at radius 1 is 1.55 bits per heavy atom.